The fourth-order valence-electron chi connectivity index (χ4n) is 5.88. The van der Waals surface area contributed by atoms with E-state index in [4.69, 9.17) is 12.2 Å². The Morgan fingerprint density at radius 2 is 1.70 bits per heavy atom. The number of aromatic nitrogens is 2. The van der Waals surface area contributed by atoms with Crippen molar-refractivity contribution < 1.29 is 4.79 Å². The zero-order valence-electron chi connectivity index (χ0n) is 24.1. The smallest absolute Gasteiger partial charge is 0.226 e. The SMILES string of the molecule is Cc1ccc(C)c(NC(=O)CCN2C(=S)N[C@@H](c3ccccn3)[C@@H]2c2cc(C)n(-c3c(C)cccc3C)c2C)c1. The molecule has 0 bridgehead atoms. The molecule has 7 heteroatoms. The lowest BCUT2D eigenvalue weighted by atomic mass is 9.96. The van der Waals surface area contributed by atoms with Gasteiger partial charge in [0.2, 0.25) is 5.91 Å². The van der Waals surface area contributed by atoms with Crippen LogP contribution in [0.4, 0.5) is 5.69 Å². The second-order valence-electron chi connectivity index (χ2n) is 10.8. The number of carbonyl (C=O) groups is 1. The summed E-state index contributed by atoms with van der Waals surface area (Å²) >= 11 is 5.88. The Kier molecular flexibility index (Phi) is 7.76. The van der Waals surface area contributed by atoms with Crippen LogP contribution in [0.3, 0.4) is 0 Å². The number of pyridine rings is 1. The Balaban J connectivity index is 1.50. The molecule has 1 aliphatic heterocycles. The number of benzene rings is 2. The maximum absolute atomic E-state index is 13.1. The van der Waals surface area contributed by atoms with Crippen LogP contribution in [0.15, 0.2) is 66.9 Å². The van der Waals surface area contributed by atoms with Crippen molar-refractivity contribution in [3.63, 3.8) is 0 Å². The van der Waals surface area contributed by atoms with E-state index < -0.39 is 0 Å². The van der Waals surface area contributed by atoms with Gasteiger partial charge in [0.25, 0.3) is 0 Å². The summed E-state index contributed by atoms with van der Waals surface area (Å²) in [6, 6.07) is 20.5. The van der Waals surface area contributed by atoms with Crippen molar-refractivity contribution in [1.82, 2.24) is 19.8 Å². The van der Waals surface area contributed by atoms with Gasteiger partial charge in [-0.1, -0.05) is 36.4 Å². The predicted molar refractivity (Wildman–Crippen MR) is 166 cm³/mol. The molecule has 3 heterocycles. The third-order valence-corrected chi connectivity index (χ3v) is 8.25. The number of para-hydroxylation sites is 1. The Morgan fingerprint density at radius 1 is 0.950 bits per heavy atom. The van der Waals surface area contributed by atoms with Crippen molar-refractivity contribution in [2.24, 2.45) is 0 Å². The van der Waals surface area contributed by atoms with Crippen molar-refractivity contribution >= 4 is 28.9 Å². The van der Waals surface area contributed by atoms with Gasteiger partial charge in [0.15, 0.2) is 5.11 Å². The van der Waals surface area contributed by atoms with E-state index in [1.165, 1.54) is 22.4 Å². The summed E-state index contributed by atoms with van der Waals surface area (Å²) in [5.74, 6) is -0.0301. The maximum atomic E-state index is 13.1. The van der Waals surface area contributed by atoms with Gasteiger partial charge in [0.1, 0.15) is 0 Å². The molecule has 2 atom stereocenters. The molecule has 0 aliphatic carbocycles. The number of thiocarbonyl (C=S) groups is 1. The van der Waals surface area contributed by atoms with E-state index in [0.717, 1.165) is 33.9 Å². The molecule has 2 N–H and O–H groups in total. The van der Waals surface area contributed by atoms with Gasteiger partial charge in [0.05, 0.1) is 23.5 Å². The van der Waals surface area contributed by atoms with Gasteiger partial charge in [-0.25, -0.2) is 0 Å². The molecule has 40 heavy (non-hydrogen) atoms. The molecule has 2 aromatic carbocycles. The van der Waals surface area contributed by atoms with Crippen molar-refractivity contribution in [1.29, 1.82) is 0 Å². The second-order valence-corrected chi connectivity index (χ2v) is 11.2. The molecular formula is C33H37N5OS. The highest BCUT2D eigenvalue weighted by atomic mass is 32.1. The van der Waals surface area contributed by atoms with Gasteiger partial charge in [-0.05, 0) is 106 Å². The fourth-order valence-corrected chi connectivity index (χ4v) is 6.21. The van der Waals surface area contributed by atoms with Crippen LogP contribution in [0.1, 0.15) is 63.4 Å². The molecule has 1 saturated heterocycles. The molecule has 206 valence electrons. The largest absolute Gasteiger partial charge is 0.352 e. The van der Waals surface area contributed by atoms with Crippen LogP contribution in [-0.4, -0.2) is 32.0 Å². The number of rotatable bonds is 7. The first kappa shape index (κ1) is 27.6. The lowest BCUT2D eigenvalue weighted by molar-refractivity contribution is -0.116. The number of anilines is 1. The third kappa shape index (κ3) is 5.26. The van der Waals surface area contributed by atoms with Crippen LogP contribution < -0.4 is 10.6 Å². The highest BCUT2D eigenvalue weighted by Gasteiger charge is 2.41. The summed E-state index contributed by atoms with van der Waals surface area (Å²) in [6.45, 7) is 13.2. The average molecular weight is 552 g/mol. The summed E-state index contributed by atoms with van der Waals surface area (Å²) < 4.78 is 2.35. The topological polar surface area (TPSA) is 62.2 Å². The minimum atomic E-state index is -0.136. The highest BCUT2D eigenvalue weighted by Crippen LogP contribution is 2.42. The number of aryl methyl sites for hydroxylation is 5. The monoisotopic (exact) mass is 551 g/mol. The number of amides is 1. The number of hydrogen-bond acceptors (Lipinski definition) is 3. The summed E-state index contributed by atoms with van der Waals surface area (Å²) in [6.07, 6.45) is 2.13. The van der Waals surface area contributed by atoms with Crippen LogP contribution in [-0.2, 0) is 4.79 Å². The molecule has 5 rings (SSSR count). The Labute approximate surface area is 242 Å². The number of nitrogens with one attached hydrogen (secondary N) is 2. The van der Waals surface area contributed by atoms with Crippen LogP contribution >= 0.6 is 12.2 Å². The second kappa shape index (κ2) is 11.3. The summed E-state index contributed by atoms with van der Waals surface area (Å²) in [5.41, 5.74) is 11.1. The minimum Gasteiger partial charge on any atom is -0.352 e. The van der Waals surface area contributed by atoms with Crippen molar-refractivity contribution in [3.05, 3.63) is 112 Å². The van der Waals surface area contributed by atoms with E-state index >= 15 is 0 Å². The van der Waals surface area contributed by atoms with Crippen molar-refractivity contribution in [3.8, 4) is 5.69 Å². The van der Waals surface area contributed by atoms with Crippen molar-refractivity contribution in [2.45, 2.75) is 60.0 Å². The van der Waals surface area contributed by atoms with E-state index in [1.54, 1.807) is 0 Å². The zero-order chi connectivity index (χ0) is 28.6. The van der Waals surface area contributed by atoms with Crippen LogP contribution in [0.5, 0.6) is 0 Å². The lowest BCUT2D eigenvalue weighted by Crippen LogP contribution is -2.33. The Hall–Kier alpha value is -3.97. The molecule has 0 saturated carbocycles. The van der Waals surface area contributed by atoms with E-state index in [-0.39, 0.29) is 18.0 Å². The van der Waals surface area contributed by atoms with Crippen LogP contribution in [0, 0.1) is 41.5 Å². The van der Waals surface area contributed by atoms with E-state index in [2.05, 4.69) is 83.1 Å². The van der Waals surface area contributed by atoms with Gasteiger partial charge >= 0.3 is 0 Å². The summed E-state index contributed by atoms with van der Waals surface area (Å²) in [7, 11) is 0. The third-order valence-electron chi connectivity index (χ3n) is 7.90. The van der Waals surface area contributed by atoms with Crippen molar-refractivity contribution in [2.75, 3.05) is 11.9 Å². The molecule has 1 aliphatic rings. The minimum absolute atomic E-state index is 0.0301. The van der Waals surface area contributed by atoms with Gasteiger partial charge < -0.3 is 20.1 Å². The van der Waals surface area contributed by atoms with Gasteiger partial charge in [0, 0.05) is 36.2 Å². The summed E-state index contributed by atoms with van der Waals surface area (Å²) in [5, 5.41) is 7.27. The normalized spacial score (nSPS) is 16.8. The predicted octanol–water partition coefficient (Wildman–Crippen LogP) is 6.72. The van der Waals surface area contributed by atoms with Gasteiger partial charge in [-0.15, -0.1) is 0 Å². The number of nitrogens with zero attached hydrogens (tertiary/aromatic N) is 3. The molecule has 0 spiro atoms. The standard InChI is InChI=1S/C33H37N5OS/c1-20-13-14-21(2)28(18-20)35-29(39)15-17-37-32(30(36-33(37)40)27-12-7-8-16-34-27)26-19-24(5)38(25(26)6)31-22(3)10-9-11-23(31)4/h7-14,16,18-19,30,32H,15,17H2,1-6H3,(H,35,39)(H,36,40)/t30-,32-/m0/s1. The zero-order valence-corrected chi connectivity index (χ0v) is 24.9. The van der Waals surface area contributed by atoms with Crippen LogP contribution in [0.25, 0.3) is 5.69 Å². The van der Waals surface area contributed by atoms with Crippen LogP contribution in [0.2, 0.25) is 0 Å². The van der Waals surface area contributed by atoms with Gasteiger partial charge in [-0.3, -0.25) is 9.78 Å². The molecule has 1 fully saturated rings. The first-order chi connectivity index (χ1) is 19.2. The number of hydrogen-bond donors (Lipinski definition) is 2. The molecule has 0 unspecified atom stereocenters. The maximum Gasteiger partial charge on any atom is 0.226 e. The Bertz CT molecular complexity index is 1560. The highest BCUT2D eigenvalue weighted by molar-refractivity contribution is 7.80. The Morgan fingerprint density at radius 3 is 2.40 bits per heavy atom. The average Bonchev–Trinajstić information content (AvgIpc) is 3.40. The lowest BCUT2D eigenvalue weighted by Gasteiger charge is -2.28. The fraction of sp³-hybridized carbons (Fsp3) is 0.303. The molecular weight excluding hydrogens is 514 g/mol. The first-order valence-electron chi connectivity index (χ1n) is 13.8. The van der Waals surface area contributed by atoms with E-state index in [1.807, 2.05) is 50.4 Å². The molecule has 0 radical (unpaired) electrons. The van der Waals surface area contributed by atoms with E-state index in [9.17, 15) is 4.79 Å². The summed E-state index contributed by atoms with van der Waals surface area (Å²) in [4.78, 5) is 19.9. The first-order valence-corrected chi connectivity index (χ1v) is 14.2. The quantitative estimate of drug-likeness (QED) is 0.250. The van der Waals surface area contributed by atoms with Gasteiger partial charge in [-0.2, -0.15) is 0 Å². The molecule has 1 amide bonds. The van der Waals surface area contributed by atoms with E-state index in [0.29, 0.717) is 18.1 Å². The number of carbonyl (C=O) groups excluding carboxylic acids is 1. The molecule has 2 aromatic heterocycles. The molecule has 6 nitrogen and oxygen atoms in total. The molecule has 4 aromatic rings.